The molecule has 158 valence electrons. The molecule has 5 nitrogen and oxygen atoms in total. The first-order chi connectivity index (χ1) is 13.5. The average Bonchev–Trinajstić information content (AvgIpc) is 3.48. The number of nitrogens with one attached hydrogen (secondary N) is 2. The summed E-state index contributed by atoms with van der Waals surface area (Å²) in [5.41, 5.74) is 0.861. The van der Waals surface area contributed by atoms with Crippen molar-refractivity contribution >= 4 is 39.8 Å². The summed E-state index contributed by atoms with van der Waals surface area (Å²) in [7, 11) is -3.34. The number of guanidine groups is 1. The van der Waals surface area contributed by atoms with Crippen molar-refractivity contribution in [3.63, 3.8) is 0 Å². The molecule has 0 radical (unpaired) electrons. The number of aliphatic imine (C=N–C) groups is 1. The first-order valence-corrected chi connectivity index (χ1v) is 11.2. The van der Waals surface area contributed by atoms with Gasteiger partial charge in [-0.05, 0) is 49.6 Å². The molecule has 0 spiro atoms. The van der Waals surface area contributed by atoms with Crippen LogP contribution in [0.25, 0.3) is 0 Å². The maximum atomic E-state index is 13.5. The molecule has 1 aliphatic rings. The number of benzene rings is 2. The van der Waals surface area contributed by atoms with Gasteiger partial charge in [0.15, 0.2) is 15.8 Å². The maximum absolute atomic E-state index is 13.5. The minimum absolute atomic E-state index is 0. The predicted octanol–water partition coefficient (Wildman–Crippen LogP) is 3.50. The number of hydrogen-bond donors (Lipinski definition) is 2. The number of hydrogen-bond acceptors (Lipinski definition) is 3. The molecular weight excluding hydrogens is 504 g/mol. The molecule has 2 aromatic rings. The SMILES string of the molecule is CCNC(=NCC1(c2cccc(F)c2)CC1)NCCS(=O)(=O)c1ccccc1.I. The molecule has 0 bridgehead atoms. The molecule has 0 aromatic heterocycles. The molecule has 1 fully saturated rings. The molecule has 8 heteroatoms. The molecule has 0 aliphatic heterocycles. The number of nitrogens with zero attached hydrogens (tertiary/aromatic N) is 1. The first kappa shape index (κ1) is 23.6. The molecule has 1 saturated carbocycles. The van der Waals surface area contributed by atoms with E-state index in [0.29, 0.717) is 23.9 Å². The van der Waals surface area contributed by atoms with Crippen molar-refractivity contribution in [1.82, 2.24) is 10.6 Å². The molecule has 1 aliphatic carbocycles. The van der Waals surface area contributed by atoms with Crippen LogP contribution in [0.15, 0.2) is 64.5 Å². The van der Waals surface area contributed by atoms with Gasteiger partial charge in [-0.15, -0.1) is 24.0 Å². The van der Waals surface area contributed by atoms with E-state index in [1.807, 2.05) is 13.0 Å². The lowest BCUT2D eigenvalue weighted by Gasteiger charge is -2.16. The Kier molecular flexibility index (Phi) is 8.45. The third-order valence-corrected chi connectivity index (χ3v) is 6.67. The summed E-state index contributed by atoms with van der Waals surface area (Å²) in [5, 5.41) is 6.24. The van der Waals surface area contributed by atoms with E-state index in [1.54, 1.807) is 42.5 Å². The highest BCUT2D eigenvalue weighted by Crippen LogP contribution is 2.48. The molecule has 0 atom stereocenters. The van der Waals surface area contributed by atoms with Crippen LogP contribution in [0, 0.1) is 5.82 Å². The smallest absolute Gasteiger partial charge is 0.191 e. The average molecular weight is 531 g/mol. The fourth-order valence-electron chi connectivity index (χ4n) is 3.13. The number of sulfone groups is 1. The van der Waals surface area contributed by atoms with E-state index < -0.39 is 9.84 Å². The van der Waals surface area contributed by atoms with Crippen LogP contribution >= 0.6 is 24.0 Å². The molecule has 0 heterocycles. The topological polar surface area (TPSA) is 70.6 Å². The van der Waals surface area contributed by atoms with Crippen LogP contribution in [0.3, 0.4) is 0 Å². The fourth-order valence-corrected chi connectivity index (χ4v) is 4.31. The fraction of sp³-hybridized carbons (Fsp3) is 0.381. The summed E-state index contributed by atoms with van der Waals surface area (Å²) >= 11 is 0. The number of rotatable bonds is 8. The van der Waals surface area contributed by atoms with E-state index in [4.69, 9.17) is 0 Å². The van der Waals surface area contributed by atoms with E-state index in [0.717, 1.165) is 18.4 Å². The second-order valence-corrected chi connectivity index (χ2v) is 9.15. The van der Waals surface area contributed by atoms with Crippen molar-refractivity contribution < 1.29 is 12.8 Å². The Hall–Kier alpha value is -1.68. The summed E-state index contributed by atoms with van der Waals surface area (Å²) in [6.07, 6.45) is 1.95. The number of halogens is 2. The molecular formula is C21H27FIN3O2S. The van der Waals surface area contributed by atoms with Gasteiger partial charge in [-0.25, -0.2) is 12.8 Å². The van der Waals surface area contributed by atoms with Crippen molar-refractivity contribution in [3.05, 3.63) is 66.0 Å². The van der Waals surface area contributed by atoms with Crippen LogP contribution in [0.1, 0.15) is 25.3 Å². The van der Waals surface area contributed by atoms with E-state index in [2.05, 4.69) is 15.6 Å². The lowest BCUT2D eigenvalue weighted by Crippen LogP contribution is -2.40. The monoisotopic (exact) mass is 531 g/mol. The Labute approximate surface area is 189 Å². The van der Waals surface area contributed by atoms with Crippen molar-refractivity contribution in [2.45, 2.75) is 30.1 Å². The quantitative estimate of drug-likeness (QED) is 0.311. The van der Waals surface area contributed by atoms with E-state index in [9.17, 15) is 12.8 Å². The van der Waals surface area contributed by atoms with Gasteiger partial charge in [0.2, 0.25) is 0 Å². The Bertz CT molecular complexity index is 932. The standard InChI is InChI=1S/C21H26FN3O2S.HI/c1-2-23-20(24-13-14-28(26,27)19-9-4-3-5-10-19)25-16-21(11-12-21)17-7-6-8-18(22)15-17;/h3-10,15H,2,11-14,16H2,1H3,(H2,23,24,25);1H. The Morgan fingerprint density at radius 2 is 1.83 bits per heavy atom. The van der Waals surface area contributed by atoms with Crippen molar-refractivity contribution in [3.8, 4) is 0 Å². The zero-order valence-electron chi connectivity index (χ0n) is 16.4. The summed E-state index contributed by atoms with van der Waals surface area (Å²) in [5.74, 6) is 0.327. The van der Waals surface area contributed by atoms with Gasteiger partial charge in [-0.3, -0.25) is 4.99 Å². The second-order valence-electron chi connectivity index (χ2n) is 7.04. The lowest BCUT2D eigenvalue weighted by molar-refractivity contribution is 0.594. The highest BCUT2D eigenvalue weighted by Gasteiger charge is 2.44. The Balaban J connectivity index is 0.00000300. The molecule has 0 saturated heterocycles. The molecule has 0 amide bonds. The van der Waals surface area contributed by atoms with E-state index in [-0.39, 0.29) is 47.5 Å². The third kappa shape index (κ3) is 6.40. The zero-order chi connectivity index (χ0) is 20.0. The largest absolute Gasteiger partial charge is 0.357 e. The van der Waals surface area contributed by atoms with Crippen LogP contribution in [-0.4, -0.2) is 39.8 Å². The van der Waals surface area contributed by atoms with Gasteiger partial charge < -0.3 is 10.6 Å². The summed E-state index contributed by atoms with van der Waals surface area (Å²) in [6.45, 7) is 3.43. The van der Waals surface area contributed by atoms with E-state index in [1.165, 1.54) is 6.07 Å². The third-order valence-electron chi connectivity index (χ3n) is 4.94. The van der Waals surface area contributed by atoms with Gasteiger partial charge in [0.25, 0.3) is 0 Å². The van der Waals surface area contributed by atoms with Crippen molar-refractivity contribution in [2.75, 3.05) is 25.4 Å². The molecule has 29 heavy (non-hydrogen) atoms. The normalized spacial score (nSPS) is 15.3. The molecule has 2 aromatic carbocycles. The van der Waals surface area contributed by atoms with Gasteiger partial charge in [-0.1, -0.05) is 30.3 Å². The van der Waals surface area contributed by atoms with E-state index >= 15 is 0 Å². The minimum Gasteiger partial charge on any atom is -0.357 e. The van der Waals surface area contributed by atoms with Gasteiger partial charge in [0, 0.05) is 18.5 Å². The van der Waals surface area contributed by atoms with Crippen LogP contribution in [0.4, 0.5) is 4.39 Å². The van der Waals surface area contributed by atoms with Crippen LogP contribution in [0.2, 0.25) is 0 Å². The first-order valence-electron chi connectivity index (χ1n) is 9.51. The summed E-state index contributed by atoms with van der Waals surface area (Å²) in [4.78, 5) is 4.94. The zero-order valence-corrected chi connectivity index (χ0v) is 19.5. The molecule has 3 rings (SSSR count). The Morgan fingerprint density at radius 1 is 1.10 bits per heavy atom. The minimum atomic E-state index is -3.34. The Morgan fingerprint density at radius 3 is 2.45 bits per heavy atom. The van der Waals surface area contributed by atoms with Gasteiger partial charge in [0.1, 0.15) is 5.82 Å². The summed E-state index contributed by atoms with van der Waals surface area (Å²) in [6, 6.07) is 15.1. The van der Waals surface area contributed by atoms with Crippen LogP contribution in [-0.2, 0) is 15.3 Å². The lowest BCUT2D eigenvalue weighted by atomic mass is 9.96. The maximum Gasteiger partial charge on any atom is 0.191 e. The van der Waals surface area contributed by atoms with Gasteiger partial charge in [-0.2, -0.15) is 0 Å². The summed E-state index contributed by atoms with van der Waals surface area (Å²) < 4.78 is 38.3. The van der Waals surface area contributed by atoms with Gasteiger partial charge >= 0.3 is 0 Å². The highest BCUT2D eigenvalue weighted by atomic mass is 127. The molecule has 0 unspecified atom stereocenters. The molecule has 2 N–H and O–H groups in total. The van der Waals surface area contributed by atoms with Crippen molar-refractivity contribution in [2.24, 2.45) is 4.99 Å². The van der Waals surface area contributed by atoms with Gasteiger partial charge in [0.05, 0.1) is 17.2 Å². The van der Waals surface area contributed by atoms with Crippen LogP contribution in [0.5, 0.6) is 0 Å². The van der Waals surface area contributed by atoms with Crippen LogP contribution < -0.4 is 10.6 Å². The van der Waals surface area contributed by atoms with Crippen molar-refractivity contribution in [1.29, 1.82) is 0 Å². The highest BCUT2D eigenvalue weighted by molar-refractivity contribution is 14.0. The second kappa shape index (κ2) is 10.4. The predicted molar refractivity (Wildman–Crippen MR) is 125 cm³/mol.